The Balaban J connectivity index is 1.90. The molecule has 0 radical (unpaired) electrons. The summed E-state index contributed by atoms with van der Waals surface area (Å²) in [6, 6.07) is 4.11. The number of hydrogen-bond donors (Lipinski definition) is 1. The first-order valence-corrected chi connectivity index (χ1v) is 7.75. The summed E-state index contributed by atoms with van der Waals surface area (Å²) < 4.78 is 4.95. The number of rotatable bonds is 4. The minimum Gasteiger partial charge on any atom is -0.490 e. The molecule has 0 bridgehead atoms. The summed E-state index contributed by atoms with van der Waals surface area (Å²) in [4.78, 5) is 41.0. The van der Waals surface area contributed by atoms with E-state index in [1.807, 2.05) is 0 Å². The summed E-state index contributed by atoms with van der Waals surface area (Å²) in [5.41, 5.74) is -1.24. The third-order valence-corrected chi connectivity index (χ3v) is 4.23. The van der Waals surface area contributed by atoms with E-state index >= 15 is 0 Å². The average Bonchev–Trinajstić information content (AvgIpc) is 2.61. The lowest BCUT2D eigenvalue weighted by molar-refractivity contribution is -0.385. The van der Waals surface area contributed by atoms with Crippen LogP contribution in [0.2, 0.25) is 0 Å². The van der Waals surface area contributed by atoms with Crippen molar-refractivity contribution in [2.24, 2.45) is 4.99 Å². The fourth-order valence-electron chi connectivity index (χ4n) is 2.86. The smallest absolute Gasteiger partial charge is 0.312 e. The molecule has 3 rings (SSSR count). The molecular weight excluding hydrogens is 340 g/mol. The maximum Gasteiger partial charge on any atom is 0.312 e. The Morgan fingerprint density at radius 1 is 1.42 bits per heavy atom. The molecule has 0 fully saturated rings. The molecule has 9 nitrogen and oxygen atoms in total. The number of anilines is 1. The number of nitrogens with one attached hydrogen (secondary N) is 1. The van der Waals surface area contributed by atoms with E-state index < -0.39 is 22.3 Å². The monoisotopic (exact) mass is 356 g/mol. The van der Waals surface area contributed by atoms with Gasteiger partial charge in [0.05, 0.1) is 18.5 Å². The summed E-state index contributed by atoms with van der Waals surface area (Å²) in [5, 5.41) is 13.8. The molecule has 0 aromatic heterocycles. The Bertz CT molecular complexity index is 889. The number of ether oxygens (including phenoxy) is 1. The number of carbonyl (C=O) groups excluding carboxylic acids is 2. The van der Waals surface area contributed by atoms with Gasteiger partial charge < -0.3 is 15.0 Å². The van der Waals surface area contributed by atoms with E-state index in [2.05, 4.69) is 10.3 Å². The number of aliphatic imine (C=N–C) groups is 1. The lowest BCUT2D eigenvalue weighted by Gasteiger charge is -2.41. The second-order valence-electron chi connectivity index (χ2n) is 5.98. The Kier molecular flexibility index (Phi) is 4.29. The van der Waals surface area contributed by atoms with Crippen molar-refractivity contribution in [1.29, 1.82) is 0 Å². The number of amides is 2. The third-order valence-electron chi connectivity index (χ3n) is 4.23. The van der Waals surface area contributed by atoms with Crippen molar-refractivity contribution in [1.82, 2.24) is 4.90 Å². The Hall–Kier alpha value is -3.49. The van der Waals surface area contributed by atoms with Crippen LogP contribution in [0.4, 0.5) is 11.4 Å². The maximum atomic E-state index is 12.9. The van der Waals surface area contributed by atoms with Gasteiger partial charge in [-0.3, -0.25) is 19.7 Å². The molecule has 0 saturated carbocycles. The zero-order valence-electron chi connectivity index (χ0n) is 14.1. The second-order valence-corrected chi connectivity index (χ2v) is 5.98. The number of nitro groups is 1. The second kappa shape index (κ2) is 6.43. The van der Waals surface area contributed by atoms with E-state index in [9.17, 15) is 19.7 Å². The van der Waals surface area contributed by atoms with Crippen molar-refractivity contribution >= 4 is 29.0 Å². The van der Waals surface area contributed by atoms with Gasteiger partial charge in [-0.1, -0.05) is 6.08 Å². The Morgan fingerprint density at radius 3 is 2.88 bits per heavy atom. The summed E-state index contributed by atoms with van der Waals surface area (Å²) in [5.74, 6) is -0.417. The molecule has 1 aromatic rings. The number of fused-ring (bicyclic) bond motifs is 1. The molecule has 2 aliphatic rings. The van der Waals surface area contributed by atoms with Crippen LogP contribution in [0.1, 0.15) is 13.3 Å². The molecule has 1 unspecified atom stereocenters. The van der Waals surface area contributed by atoms with Gasteiger partial charge in [0.15, 0.2) is 5.75 Å². The van der Waals surface area contributed by atoms with Gasteiger partial charge in [-0.25, -0.2) is 0 Å². The molecule has 0 spiro atoms. The number of benzene rings is 1. The van der Waals surface area contributed by atoms with Gasteiger partial charge in [0.25, 0.3) is 11.8 Å². The molecule has 26 heavy (non-hydrogen) atoms. The van der Waals surface area contributed by atoms with Crippen LogP contribution < -0.4 is 10.1 Å². The third kappa shape index (κ3) is 2.94. The van der Waals surface area contributed by atoms with Gasteiger partial charge in [0.1, 0.15) is 11.4 Å². The number of nitrogens with zero attached hydrogens (tertiary/aromatic N) is 3. The standard InChI is InChI=1S/C17H16N4O5/c1-17(10-15(22)19-14-5-3-4-8-20(14)17)16(23)18-11-6-7-13(26-2)12(9-11)21(24)25/h3-9H,10H2,1-2H3,(H,18,23). The van der Waals surface area contributed by atoms with Crippen LogP contribution in [0.25, 0.3) is 0 Å². The van der Waals surface area contributed by atoms with E-state index in [0.29, 0.717) is 5.84 Å². The van der Waals surface area contributed by atoms with Gasteiger partial charge in [0.2, 0.25) is 0 Å². The highest BCUT2D eigenvalue weighted by Crippen LogP contribution is 2.32. The van der Waals surface area contributed by atoms with E-state index in [1.165, 1.54) is 25.3 Å². The molecule has 134 valence electrons. The van der Waals surface area contributed by atoms with Crippen molar-refractivity contribution in [3.63, 3.8) is 0 Å². The van der Waals surface area contributed by atoms with Crippen LogP contribution in [0.3, 0.4) is 0 Å². The average molecular weight is 356 g/mol. The van der Waals surface area contributed by atoms with E-state index in [0.717, 1.165) is 0 Å². The van der Waals surface area contributed by atoms with Crippen LogP contribution in [0.15, 0.2) is 47.6 Å². The molecule has 1 N–H and O–H groups in total. The normalized spacial score (nSPS) is 21.1. The molecule has 0 aliphatic carbocycles. The van der Waals surface area contributed by atoms with Crippen LogP contribution in [-0.2, 0) is 9.59 Å². The fourth-order valence-corrected chi connectivity index (χ4v) is 2.86. The molecule has 9 heteroatoms. The van der Waals surface area contributed by atoms with E-state index in [-0.39, 0.29) is 23.5 Å². The minimum absolute atomic E-state index is 0.0885. The number of amidine groups is 1. The zero-order chi connectivity index (χ0) is 18.9. The summed E-state index contributed by atoms with van der Waals surface area (Å²) in [7, 11) is 1.33. The van der Waals surface area contributed by atoms with Gasteiger partial charge in [-0.05, 0) is 31.2 Å². The first-order valence-electron chi connectivity index (χ1n) is 7.75. The van der Waals surface area contributed by atoms with E-state index in [4.69, 9.17) is 4.74 Å². The molecule has 1 aromatic carbocycles. The number of nitro benzene ring substituents is 1. The fraction of sp³-hybridized carbons (Fsp3) is 0.235. The Labute approximate surface area is 148 Å². The highest BCUT2D eigenvalue weighted by atomic mass is 16.6. The molecular formula is C17H16N4O5. The topological polar surface area (TPSA) is 114 Å². The minimum atomic E-state index is -1.20. The molecule has 2 heterocycles. The molecule has 2 amide bonds. The summed E-state index contributed by atoms with van der Waals surface area (Å²) in [6.07, 6.45) is 6.65. The predicted molar refractivity (Wildman–Crippen MR) is 93.9 cm³/mol. The molecule has 2 aliphatic heterocycles. The zero-order valence-corrected chi connectivity index (χ0v) is 14.1. The quantitative estimate of drug-likeness (QED) is 0.652. The number of methoxy groups -OCH3 is 1. The van der Waals surface area contributed by atoms with Crippen molar-refractivity contribution in [3.05, 3.63) is 52.7 Å². The predicted octanol–water partition coefficient (Wildman–Crippen LogP) is 2.01. The van der Waals surface area contributed by atoms with Gasteiger partial charge in [-0.2, -0.15) is 4.99 Å². The highest BCUT2D eigenvalue weighted by Gasteiger charge is 2.45. The summed E-state index contributed by atoms with van der Waals surface area (Å²) >= 11 is 0. The molecule has 1 atom stereocenters. The van der Waals surface area contributed by atoms with Gasteiger partial charge in [-0.15, -0.1) is 0 Å². The van der Waals surface area contributed by atoms with Crippen LogP contribution in [-0.4, -0.2) is 40.1 Å². The molecule has 0 saturated heterocycles. The van der Waals surface area contributed by atoms with Crippen molar-refractivity contribution in [3.8, 4) is 5.75 Å². The number of carbonyl (C=O) groups is 2. The number of allylic oxidation sites excluding steroid dienone is 2. The van der Waals surface area contributed by atoms with Crippen molar-refractivity contribution < 1.29 is 19.2 Å². The van der Waals surface area contributed by atoms with Crippen LogP contribution >= 0.6 is 0 Å². The largest absolute Gasteiger partial charge is 0.490 e. The maximum absolute atomic E-state index is 12.9. The lowest BCUT2D eigenvalue weighted by atomic mass is 9.91. The lowest BCUT2D eigenvalue weighted by Crippen LogP contribution is -2.58. The van der Waals surface area contributed by atoms with Crippen LogP contribution in [0, 0.1) is 10.1 Å². The first-order chi connectivity index (χ1) is 12.3. The van der Waals surface area contributed by atoms with E-state index in [1.54, 1.807) is 36.3 Å². The van der Waals surface area contributed by atoms with Crippen molar-refractivity contribution in [2.45, 2.75) is 18.9 Å². The number of hydrogen-bond acceptors (Lipinski definition) is 6. The van der Waals surface area contributed by atoms with Gasteiger partial charge in [0, 0.05) is 18.0 Å². The Morgan fingerprint density at radius 2 is 2.19 bits per heavy atom. The van der Waals surface area contributed by atoms with Crippen molar-refractivity contribution in [2.75, 3.05) is 12.4 Å². The first kappa shape index (κ1) is 17.3. The highest BCUT2D eigenvalue weighted by molar-refractivity contribution is 6.12. The summed E-state index contributed by atoms with van der Waals surface area (Å²) in [6.45, 7) is 1.62. The van der Waals surface area contributed by atoms with Gasteiger partial charge >= 0.3 is 5.69 Å². The van der Waals surface area contributed by atoms with Crippen LogP contribution in [0.5, 0.6) is 5.75 Å². The SMILES string of the molecule is COc1ccc(NC(=O)C2(C)CC(=O)N=C3C=CC=CN32)cc1[N+](=O)[O-].